The maximum atomic E-state index is 3.88. The Morgan fingerprint density at radius 3 is 2.67 bits per heavy atom. The van der Waals surface area contributed by atoms with E-state index in [4.69, 9.17) is 0 Å². The molecule has 1 saturated carbocycles. The van der Waals surface area contributed by atoms with Gasteiger partial charge in [-0.25, -0.2) is 0 Å². The monoisotopic (exact) mass is 229 g/mol. The van der Waals surface area contributed by atoms with Gasteiger partial charge in [-0.2, -0.15) is 11.8 Å². The second kappa shape index (κ2) is 7.56. The highest BCUT2D eigenvalue weighted by atomic mass is 32.2. The number of rotatable bonds is 7. The van der Waals surface area contributed by atoms with Crippen molar-refractivity contribution in [3.05, 3.63) is 0 Å². The number of nitrogens with one attached hydrogen (secondary N) is 1. The highest BCUT2D eigenvalue weighted by Crippen LogP contribution is 2.30. The third-order valence-electron chi connectivity index (χ3n) is 3.41. The standard InChI is InChI=1S/C13H27NS/c1-4-8-11(5-2)14-12-9-7-10-13(12)15-6-3/h11-14H,4-10H2,1-3H3. The maximum Gasteiger partial charge on any atom is 0.0201 e. The van der Waals surface area contributed by atoms with E-state index < -0.39 is 0 Å². The Labute approximate surface area is 99.8 Å². The number of hydrogen-bond donors (Lipinski definition) is 1. The average molecular weight is 229 g/mol. The normalized spacial score (nSPS) is 28.2. The fourth-order valence-electron chi connectivity index (χ4n) is 2.59. The van der Waals surface area contributed by atoms with Crippen molar-refractivity contribution in [2.24, 2.45) is 0 Å². The van der Waals surface area contributed by atoms with Crippen LogP contribution in [-0.2, 0) is 0 Å². The van der Waals surface area contributed by atoms with Crippen molar-refractivity contribution in [3.8, 4) is 0 Å². The maximum absolute atomic E-state index is 3.88. The van der Waals surface area contributed by atoms with Gasteiger partial charge in [0.25, 0.3) is 0 Å². The first-order chi connectivity index (χ1) is 7.31. The highest BCUT2D eigenvalue weighted by Gasteiger charge is 2.28. The quantitative estimate of drug-likeness (QED) is 0.712. The van der Waals surface area contributed by atoms with E-state index in [0.717, 1.165) is 17.3 Å². The molecule has 15 heavy (non-hydrogen) atoms. The van der Waals surface area contributed by atoms with Crippen molar-refractivity contribution in [1.29, 1.82) is 0 Å². The van der Waals surface area contributed by atoms with E-state index in [9.17, 15) is 0 Å². The molecule has 0 aromatic heterocycles. The van der Waals surface area contributed by atoms with Crippen LogP contribution in [0.15, 0.2) is 0 Å². The zero-order chi connectivity index (χ0) is 11.1. The predicted molar refractivity (Wildman–Crippen MR) is 71.7 cm³/mol. The molecule has 90 valence electrons. The Balaban J connectivity index is 2.34. The molecule has 1 aliphatic carbocycles. The molecule has 0 saturated heterocycles. The van der Waals surface area contributed by atoms with Gasteiger partial charge in [0.05, 0.1) is 0 Å². The molecule has 3 atom stereocenters. The summed E-state index contributed by atoms with van der Waals surface area (Å²) < 4.78 is 0. The van der Waals surface area contributed by atoms with E-state index in [0.29, 0.717) is 0 Å². The molecule has 1 aliphatic rings. The molecule has 1 fully saturated rings. The molecule has 1 rings (SSSR count). The Kier molecular flexibility index (Phi) is 6.74. The van der Waals surface area contributed by atoms with Gasteiger partial charge in [-0.3, -0.25) is 0 Å². The van der Waals surface area contributed by atoms with Crippen LogP contribution in [0.25, 0.3) is 0 Å². The summed E-state index contributed by atoms with van der Waals surface area (Å²) in [6.45, 7) is 6.88. The Hall–Kier alpha value is 0.310. The van der Waals surface area contributed by atoms with Crippen LogP contribution < -0.4 is 5.32 Å². The lowest BCUT2D eigenvalue weighted by Gasteiger charge is -2.26. The van der Waals surface area contributed by atoms with Crippen molar-refractivity contribution in [3.63, 3.8) is 0 Å². The van der Waals surface area contributed by atoms with E-state index in [-0.39, 0.29) is 0 Å². The van der Waals surface area contributed by atoms with Crippen LogP contribution in [0.5, 0.6) is 0 Å². The Morgan fingerprint density at radius 2 is 2.07 bits per heavy atom. The molecule has 2 heteroatoms. The summed E-state index contributed by atoms with van der Waals surface area (Å²) >= 11 is 2.16. The van der Waals surface area contributed by atoms with Crippen LogP contribution in [0.1, 0.15) is 59.3 Å². The summed E-state index contributed by atoms with van der Waals surface area (Å²) in [6.07, 6.45) is 8.20. The minimum absolute atomic E-state index is 0.762. The number of hydrogen-bond acceptors (Lipinski definition) is 2. The van der Waals surface area contributed by atoms with E-state index in [1.807, 2.05) is 0 Å². The second-order valence-corrected chi connectivity index (χ2v) is 6.11. The smallest absolute Gasteiger partial charge is 0.0201 e. The van der Waals surface area contributed by atoms with E-state index in [1.165, 1.54) is 44.3 Å². The van der Waals surface area contributed by atoms with Crippen molar-refractivity contribution >= 4 is 11.8 Å². The van der Waals surface area contributed by atoms with Crippen LogP contribution in [-0.4, -0.2) is 23.1 Å². The van der Waals surface area contributed by atoms with Gasteiger partial charge < -0.3 is 5.32 Å². The summed E-state index contributed by atoms with van der Waals surface area (Å²) in [5, 5.41) is 4.77. The van der Waals surface area contributed by atoms with Crippen LogP contribution in [0.3, 0.4) is 0 Å². The molecule has 1 N–H and O–H groups in total. The molecule has 0 radical (unpaired) electrons. The molecule has 0 amide bonds. The third kappa shape index (κ3) is 4.36. The highest BCUT2D eigenvalue weighted by molar-refractivity contribution is 7.99. The van der Waals surface area contributed by atoms with Gasteiger partial charge in [-0.1, -0.05) is 33.6 Å². The van der Waals surface area contributed by atoms with Crippen molar-refractivity contribution in [2.75, 3.05) is 5.75 Å². The van der Waals surface area contributed by atoms with Gasteiger partial charge in [-0.05, 0) is 31.4 Å². The molecule has 3 unspecified atom stereocenters. The van der Waals surface area contributed by atoms with Crippen molar-refractivity contribution in [2.45, 2.75) is 76.6 Å². The zero-order valence-corrected chi connectivity index (χ0v) is 11.4. The van der Waals surface area contributed by atoms with Crippen LogP contribution in [0.2, 0.25) is 0 Å². The lowest BCUT2D eigenvalue weighted by atomic mass is 10.1. The molecule has 0 heterocycles. The molecule has 0 aliphatic heterocycles. The lowest BCUT2D eigenvalue weighted by Crippen LogP contribution is -2.41. The van der Waals surface area contributed by atoms with Crippen molar-refractivity contribution < 1.29 is 0 Å². The van der Waals surface area contributed by atoms with E-state index in [1.54, 1.807) is 0 Å². The molecule has 0 bridgehead atoms. The fraction of sp³-hybridized carbons (Fsp3) is 1.00. The average Bonchev–Trinajstić information content (AvgIpc) is 2.66. The summed E-state index contributed by atoms with van der Waals surface area (Å²) in [5.41, 5.74) is 0. The van der Waals surface area contributed by atoms with Gasteiger partial charge in [0.1, 0.15) is 0 Å². The van der Waals surface area contributed by atoms with Gasteiger partial charge in [0.15, 0.2) is 0 Å². The first kappa shape index (κ1) is 13.4. The molecular weight excluding hydrogens is 202 g/mol. The van der Waals surface area contributed by atoms with Gasteiger partial charge in [0.2, 0.25) is 0 Å². The third-order valence-corrected chi connectivity index (χ3v) is 4.74. The minimum Gasteiger partial charge on any atom is -0.310 e. The SMILES string of the molecule is CCCC(CC)NC1CCCC1SCC. The summed E-state index contributed by atoms with van der Waals surface area (Å²) in [4.78, 5) is 0. The van der Waals surface area contributed by atoms with Gasteiger partial charge >= 0.3 is 0 Å². The Bertz CT molecular complexity index is 161. The van der Waals surface area contributed by atoms with Crippen LogP contribution in [0.4, 0.5) is 0 Å². The van der Waals surface area contributed by atoms with Crippen LogP contribution in [0, 0.1) is 0 Å². The predicted octanol–water partition coefficient (Wildman–Crippen LogP) is 3.83. The molecule has 0 aromatic rings. The van der Waals surface area contributed by atoms with Crippen LogP contribution >= 0.6 is 11.8 Å². The van der Waals surface area contributed by atoms with E-state index >= 15 is 0 Å². The molecule has 0 aromatic carbocycles. The van der Waals surface area contributed by atoms with E-state index in [2.05, 4.69) is 37.8 Å². The second-order valence-electron chi connectivity index (χ2n) is 4.59. The summed E-state index contributed by atoms with van der Waals surface area (Å²) in [7, 11) is 0. The van der Waals surface area contributed by atoms with Gasteiger partial charge in [0, 0.05) is 17.3 Å². The van der Waals surface area contributed by atoms with Crippen molar-refractivity contribution in [1.82, 2.24) is 5.32 Å². The first-order valence-electron chi connectivity index (χ1n) is 6.69. The first-order valence-corrected chi connectivity index (χ1v) is 7.74. The zero-order valence-electron chi connectivity index (χ0n) is 10.6. The largest absolute Gasteiger partial charge is 0.310 e. The van der Waals surface area contributed by atoms with Gasteiger partial charge in [-0.15, -0.1) is 0 Å². The summed E-state index contributed by atoms with van der Waals surface area (Å²) in [5.74, 6) is 1.27. The topological polar surface area (TPSA) is 12.0 Å². The fourth-order valence-corrected chi connectivity index (χ4v) is 3.80. The summed E-state index contributed by atoms with van der Waals surface area (Å²) in [6, 6.07) is 1.56. The Morgan fingerprint density at radius 1 is 1.27 bits per heavy atom. The molecular formula is C13H27NS. The number of thioether (sulfide) groups is 1. The lowest BCUT2D eigenvalue weighted by molar-refractivity contribution is 0.402. The minimum atomic E-state index is 0.762. The molecule has 0 spiro atoms. The molecule has 1 nitrogen and oxygen atoms in total.